The van der Waals surface area contributed by atoms with Gasteiger partial charge in [0, 0.05) is 11.7 Å². The third-order valence-electron chi connectivity index (χ3n) is 4.98. The molecule has 1 aliphatic rings. The molecule has 1 aromatic carbocycles. The van der Waals surface area contributed by atoms with Gasteiger partial charge in [0.1, 0.15) is 5.69 Å². The molecule has 0 saturated heterocycles. The van der Waals surface area contributed by atoms with Gasteiger partial charge in [0.25, 0.3) is 0 Å². The summed E-state index contributed by atoms with van der Waals surface area (Å²) in [5.74, 6) is 1.36. The highest BCUT2D eigenvalue weighted by Crippen LogP contribution is 2.33. The van der Waals surface area contributed by atoms with E-state index in [2.05, 4.69) is 28.2 Å². The predicted molar refractivity (Wildman–Crippen MR) is 113 cm³/mol. The van der Waals surface area contributed by atoms with Crippen LogP contribution in [0.3, 0.4) is 0 Å². The molecule has 8 heteroatoms. The number of anilines is 1. The highest BCUT2D eigenvalue weighted by atomic mass is 32.2. The van der Waals surface area contributed by atoms with Crippen molar-refractivity contribution in [3.05, 3.63) is 66.6 Å². The third kappa shape index (κ3) is 3.39. The monoisotopic (exact) mass is 418 g/mol. The Morgan fingerprint density at radius 1 is 1.03 bits per heavy atom. The van der Waals surface area contributed by atoms with E-state index in [1.807, 2.05) is 23.1 Å². The normalized spacial score (nSPS) is 15.4. The lowest BCUT2D eigenvalue weighted by molar-refractivity contribution is -0.116. The number of hydrogen-bond acceptors (Lipinski definition) is 7. The largest absolute Gasteiger partial charge is 0.463 e. The zero-order chi connectivity index (χ0) is 20.5. The topological polar surface area (TPSA) is 85.3 Å². The van der Waals surface area contributed by atoms with Crippen molar-refractivity contribution in [2.45, 2.75) is 24.5 Å². The second-order valence-corrected chi connectivity index (χ2v) is 7.92. The molecule has 150 valence electrons. The maximum absolute atomic E-state index is 13.0. The van der Waals surface area contributed by atoms with Gasteiger partial charge in [-0.1, -0.05) is 30.0 Å². The van der Waals surface area contributed by atoms with E-state index in [-0.39, 0.29) is 17.7 Å². The van der Waals surface area contributed by atoms with E-state index in [9.17, 15) is 4.79 Å². The van der Waals surface area contributed by atoms with Crippen LogP contribution >= 0.6 is 11.8 Å². The van der Waals surface area contributed by atoms with E-state index < -0.39 is 0 Å². The van der Waals surface area contributed by atoms with Crippen LogP contribution in [-0.4, -0.2) is 32.9 Å². The fourth-order valence-corrected chi connectivity index (χ4v) is 4.32. The van der Waals surface area contributed by atoms with Crippen LogP contribution in [0.2, 0.25) is 0 Å². The van der Waals surface area contributed by atoms with Gasteiger partial charge in [-0.3, -0.25) is 4.79 Å². The van der Waals surface area contributed by atoms with Crippen LogP contribution in [0.1, 0.15) is 12.5 Å². The Bertz CT molecular complexity index is 1180. The van der Waals surface area contributed by atoms with Crippen molar-refractivity contribution in [3.8, 4) is 22.9 Å². The van der Waals surface area contributed by atoms with Gasteiger partial charge in [-0.2, -0.15) is 0 Å². The summed E-state index contributed by atoms with van der Waals surface area (Å²) in [7, 11) is 0. The summed E-state index contributed by atoms with van der Waals surface area (Å²) in [4.78, 5) is 19.4. The lowest BCUT2D eigenvalue weighted by atomic mass is 10.1. The SMILES string of the molecule is C[C@@H]1Cc2ccccc2N1C(=O)CSc1nnc(-c2ccco2)c(-c2ccco2)n1. The molecule has 0 unspecified atom stereocenters. The number of aromatic nitrogens is 3. The molecule has 0 radical (unpaired) electrons. The zero-order valence-electron chi connectivity index (χ0n) is 16.2. The summed E-state index contributed by atoms with van der Waals surface area (Å²) in [6.45, 7) is 2.06. The number of rotatable bonds is 5. The van der Waals surface area contributed by atoms with Gasteiger partial charge in [-0.05, 0) is 49.2 Å². The van der Waals surface area contributed by atoms with E-state index in [1.165, 1.54) is 17.3 Å². The van der Waals surface area contributed by atoms with Crippen LogP contribution in [0.15, 0.2) is 75.0 Å². The molecule has 0 aliphatic carbocycles. The first kappa shape index (κ1) is 18.6. The molecule has 1 atom stereocenters. The molecule has 4 heterocycles. The minimum absolute atomic E-state index is 0.0238. The Kier molecular flexibility index (Phi) is 4.84. The number of thioether (sulfide) groups is 1. The molecule has 7 nitrogen and oxygen atoms in total. The number of furan rings is 2. The lowest BCUT2D eigenvalue weighted by Crippen LogP contribution is -2.37. The number of hydrogen-bond donors (Lipinski definition) is 0. The highest BCUT2D eigenvalue weighted by Gasteiger charge is 2.30. The van der Waals surface area contributed by atoms with Gasteiger partial charge in [-0.25, -0.2) is 4.98 Å². The van der Waals surface area contributed by atoms with E-state index in [0.29, 0.717) is 28.1 Å². The van der Waals surface area contributed by atoms with E-state index >= 15 is 0 Å². The van der Waals surface area contributed by atoms with Gasteiger partial charge in [0.05, 0.1) is 18.3 Å². The molecular formula is C22H18N4O3S. The molecule has 0 fully saturated rings. The quantitative estimate of drug-likeness (QED) is 0.442. The van der Waals surface area contributed by atoms with Gasteiger partial charge < -0.3 is 13.7 Å². The number of nitrogens with zero attached hydrogens (tertiary/aromatic N) is 4. The van der Waals surface area contributed by atoms with E-state index in [4.69, 9.17) is 8.83 Å². The van der Waals surface area contributed by atoms with E-state index in [1.54, 1.807) is 36.8 Å². The third-order valence-corrected chi connectivity index (χ3v) is 5.80. The summed E-state index contributed by atoms with van der Waals surface area (Å²) in [5, 5.41) is 8.90. The second kappa shape index (κ2) is 7.79. The molecule has 4 aromatic rings. The van der Waals surface area contributed by atoms with Gasteiger partial charge >= 0.3 is 0 Å². The summed E-state index contributed by atoms with van der Waals surface area (Å²) in [5.41, 5.74) is 3.20. The Morgan fingerprint density at radius 2 is 1.77 bits per heavy atom. The number of carbonyl (C=O) groups excluding carboxylic acids is 1. The fraction of sp³-hybridized carbons (Fsp3) is 0.182. The summed E-state index contributed by atoms with van der Waals surface area (Å²) in [6.07, 6.45) is 4.01. The Hall–Kier alpha value is -3.39. The average molecular weight is 418 g/mol. The number of amides is 1. The van der Waals surface area contributed by atoms with Crippen LogP contribution in [0.5, 0.6) is 0 Å². The van der Waals surface area contributed by atoms with Crippen LogP contribution < -0.4 is 4.90 Å². The summed E-state index contributed by atoms with van der Waals surface area (Å²) < 4.78 is 11.0. The Labute approximate surface area is 177 Å². The first-order valence-electron chi connectivity index (χ1n) is 9.56. The molecule has 5 rings (SSSR count). The molecular weight excluding hydrogens is 400 g/mol. The molecule has 30 heavy (non-hydrogen) atoms. The van der Waals surface area contributed by atoms with Crippen LogP contribution in [0, 0.1) is 0 Å². The minimum Gasteiger partial charge on any atom is -0.463 e. The van der Waals surface area contributed by atoms with Crippen molar-refractivity contribution in [2.24, 2.45) is 0 Å². The van der Waals surface area contributed by atoms with Gasteiger partial charge in [-0.15, -0.1) is 10.2 Å². The Morgan fingerprint density at radius 3 is 2.50 bits per heavy atom. The van der Waals surface area contributed by atoms with Crippen LogP contribution in [0.4, 0.5) is 5.69 Å². The molecule has 3 aromatic heterocycles. The molecule has 0 bridgehead atoms. The number of carbonyl (C=O) groups is 1. The molecule has 1 aliphatic heterocycles. The minimum atomic E-state index is 0.0238. The van der Waals surface area contributed by atoms with Crippen molar-refractivity contribution in [1.82, 2.24) is 15.2 Å². The number of fused-ring (bicyclic) bond motifs is 1. The lowest BCUT2D eigenvalue weighted by Gasteiger charge is -2.22. The summed E-state index contributed by atoms with van der Waals surface area (Å²) >= 11 is 1.26. The summed E-state index contributed by atoms with van der Waals surface area (Å²) in [6, 6.07) is 15.3. The number of para-hydroxylation sites is 1. The standard InChI is InChI=1S/C22H18N4O3S/c1-14-12-15-6-2-3-7-16(15)26(14)19(27)13-30-22-23-20(17-8-4-10-28-17)21(24-25-22)18-9-5-11-29-18/h2-11,14H,12-13H2,1H3/t14-/m1/s1. The van der Waals surface area contributed by atoms with E-state index in [0.717, 1.165) is 12.1 Å². The van der Waals surface area contributed by atoms with Crippen molar-refractivity contribution in [1.29, 1.82) is 0 Å². The van der Waals surface area contributed by atoms with Crippen molar-refractivity contribution >= 4 is 23.4 Å². The first-order valence-corrected chi connectivity index (χ1v) is 10.5. The highest BCUT2D eigenvalue weighted by molar-refractivity contribution is 7.99. The average Bonchev–Trinajstić information content (AvgIpc) is 3.52. The molecule has 0 N–H and O–H groups in total. The van der Waals surface area contributed by atoms with Crippen molar-refractivity contribution in [3.63, 3.8) is 0 Å². The Balaban J connectivity index is 1.38. The zero-order valence-corrected chi connectivity index (χ0v) is 17.0. The van der Waals surface area contributed by atoms with Crippen LogP contribution in [-0.2, 0) is 11.2 Å². The second-order valence-electron chi connectivity index (χ2n) is 6.98. The maximum atomic E-state index is 13.0. The fourth-order valence-electron chi connectivity index (χ4n) is 3.68. The van der Waals surface area contributed by atoms with Crippen molar-refractivity contribution < 1.29 is 13.6 Å². The van der Waals surface area contributed by atoms with Crippen LogP contribution in [0.25, 0.3) is 22.9 Å². The predicted octanol–water partition coefficient (Wildman–Crippen LogP) is 4.46. The van der Waals surface area contributed by atoms with Gasteiger partial charge in [0.2, 0.25) is 11.1 Å². The number of benzene rings is 1. The smallest absolute Gasteiger partial charge is 0.237 e. The van der Waals surface area contributed by atoms with Crippen molar-refractivity contribution in [2.75, 3.05) is 10.7 Å². The van der Waals surface area contributed by atoms with Gasteiger partial charge in [0.15, 0.2) is 17.2 Å². The maximum Gasteiger partial charge on any atom is 0.237 e. The molecule has 1 amide bonds. The molecule has 0 spiro atoms. The first-order chi connectivity index (χ1) is 14.7. The molecule has 0 saturated carbocycles.